The Labute approximate surface area is 360 Å². The topological polar surface area (TPSA) is 29.5 Å². The van der Waals surface area contributed by atoms with E-state index in [0.717, 1.165) is 61.1 Å². The van der Waals surface area contributed by atoms with E-state index in [1.807, 2.05) is 17.4 Å². The number of anilines is 3. The van der Waals surface area contributed by atoms with Crippen molar-refractivity contribution in [3.8, 4) is 33.4 Å². The molecular formula is C58H35NO2S. The number of benzene rings is 10. The first-order valence-corrected chi connectivity index (χ1v) is 21.8. The zero-order chi connectivity index (χ0) is 40.7. The molecule has 0 radical (unpaired) electrons. The predicted molar refractivity (Wildman–Crippen MR) is 262 cm³/mol. The maximum atomic E-state index is 7.02. The summed E-state index contributed by atoms with van der Waals surface area (Å²) in [5.41, 5.74) is 13.7. The smallest absolute Gasteiger partial charge is 0.160 e. The van der Waals surface area contributed by atoms with Crippen molar-refractivity contribution in [1.29, 1.82) is 0 Å². The Bertz CT molecular complexity index is 3850. The van der Waals surface area contributed by atoms with Gasteiger partial charge in [-0.1, -0.05) is 158 Å². The van der Waals surface area contributed by atoms with Crippen LogP contribution in [0.5, 0.6) is 0 Å². The minimum absolute atomic E-state index is 0.843. The number of hydrogen-bond acceptors (Lipinski definition) is 4. The fraction of sp³-hybridized carbons (Fsp3) is 0. The lowest BCUT2D eigenvalue weighted by molar-refractivity contribution is 0.669. The van der Waals surface area contributed by atoms with E-state index < -0.39 is 0 Å². The summed E-state index contributed by atoms with van der Waals surface area (Å²) in [5, 5.41) is 9.48. The standard InChI is InChI=1S/C58H35NO2S/c1-2-12-36(13-3-1)37-24-28-40(29-25-37)59(41-30-26-39(27-31-41)43-19-10-15-38-14-4-5-16-42(38)43)50-34-32-44(54-48-17-6-9-23-52(48)61-56(50)54)45-20-11-21-46-47-33-35-53-55(58(47)62-57(45)46)49-18-7-8-22-51(49)60-53/h1-35H. The highest BCUT2D eigenvalue weighted by Gasteiger charge is 2.24. The van der Waals surface area contributed by atoms with Gasteiger partial charge in [-0.25, -0.2) is 0 Å². The lowest BCUT2D eigenvalue weighted by atomic mass is 9.96. The Morgan fingerprint density at radius 3 is 1.69 bits per heavy atom. The molecule has 0 unspecified atom stereocenters. The second kappa shape index (κ2) is 13.8. The molecule has 0 bridgehead atoms. The van der Waals surface area contributed by atoms with Crippen molar-refractivity contribution < 1.29 is 8.83 Å². The average molecular weight is 810 g/mol. The van der Waals surface area contributed by atoms with E-state index in [4.69, 9.17) is 8.83 Å². The van der Waals surface area contributed by atoms with Crippen molar-refractivity contribution in [1.82, 2.24) is 0 Å². The average Bonchev–Trinajstić information content (AvgIpc) is 4.04. The van der Waals surface area contributed by atoms with Crippen LogP contribution in [0.1, 0.15) is 0 Å². The monoisotopic (exact) mass is 809 g/mol. The number of nitrogens with zero attached hydrogens (tertiary/aromatic N) is 1. The Morgan fingerprint density at radius 1 is 0.323 bits per heavy atom. The fourth-order valence-corrected chi connectivity index (χ4v) is 11.0. The van der Waals surface area contributed by atoms with Crippen molar-refractivity contribution in [2.24, 2.45) is 0 Å². The first-order chi connectivity index (χ1) is 30.7. The molecule has 0 fully saturated rings. The largest absolute Gasteiger partial charge is 0.456 e. The Morgan fingerprint density at radius 2 is 0.903 bits per heavy atom. The summed E-state index contributed by atoms with van der Waals surface area (Å²) < 4.78 is 15.9. The molecule has 0 atom stereocenters. The van der Waals surface area contributed by atoms with Crippen molar-refractivity contribution in [2.45, 2.75) is 0 Å². The van der Waals surface area contributed by atoms with Gasteiger partial charge in [0.25, 0.3) is 0 Å². The van der Waals surface area contributed by atoms with Gasteiger partial charge in [-0.15, -0.1) is 11.3 Å². The van der Waals surface area contributed by atoms with Crippen molar-refractivity contribution in [2.75, 3.05) is 4.90 Å². The number of rotatable bonds is 6. The van der Waals surface area contributed by atoms with Crippen LogP contribution in [0.2, 0.25) is 0 Å². The van der Waals surface area contributed by atoms with Crippen molar-refractivity contribution in [3.63, 3.8) is 0 Å². The molecule has 3 heterocycles. The quantitative estimate of drug-likeness (QED) is 0.168. The number of hydrogen-bond donors (Lipinski definition) is 0. The highest BCUT2D eigenvalue weighted by atomic mass is 32.1. The van der Waals surface area contributed by atoms with Gasteiger partial charge in [0.2, 0.25) is 0 Å². The van der Waals surface area contributed by atoms with E-state index in [1.165, 1.54) is 64.1 Å². The summed E-state index contributed by atoms with van der Waals surface area (Å²) in [6.45, 7) is 0. The molecule has 13 aromatic rings. The molecule has 10 aromatic carbocycles. The van der Waals surface area contributed by atoms with E-state index in [9.17, 15) is 0 Å². The minimum atomic E-state index is 0.843. The molecular weight excluding hydrogens is 775 g/mol. The third-order valence-corrected chi connectivity index (χ3v) is 13.8. The van der Waals surface area contributed by atoms with E-state index >= 15 is 0 Å². The molecule has 290 valence electrons. The van der Waals surface area contributed by atoms with Crippen LogP contribution in [0.25, 0.3) is 108 Å². The van der Waals surface area contributed by atoms with E-state index in [-0.39, 0.29) is 0 Å². The normalized spacial score (nSPS) is 11.9. The van der Waals surface area contributed by atoms with Crippen LogP contribution in [-0.2, 0) is 0 Å². The molecule has 0 N–H and O–H groups in total. The van der Waals surface area contributed by atoms with Crippen LogP contribution in [0.15, 0.2) is 221 Å². The molecule has 62 heavy (non-hydrogen) atoms. The highest BCUT2D eigenvalue weighted by Crippen LogP contribution is 2.50. The number of thiophene rings is 1. The first-order valence-electron chi connectivity index (χ1n) is 21.0. The summed E-state index contributed by atoms with van der Waals surface area (Å²) in [6, 6.07) is 76.0. The molecule has 0 spiro atoms. The molecule has 0 aliphatic rings. The summed E-state index contributed by atoms with van der Waals surface area (Å²) in [7, 11) is 0. The van der Waals surface area contributed by atoms with Gasteiger partial charge in [-0.2, -0.15) is 0 Å². The number of fused-ring (bicyclic) bond motifs is 11. The van der Waals surface area contributed by atoms with Gasteiger partial charge >= 0.3 is 0 Å². The van der Waals surface area contributed by atoms with Gasteiger partial charge < -0.3 is 13.7 Å². The Balaban J connectivity index is 1.03. The molecule has 4 heteroatoms. The van der Waals surface area contributed by atoms with Gasteiger partial charge in [0.15, 0.2) is 5.58 Å². The molecule has 0 saturated heterocycles. The van der Waals surface area contributed by atoms with Gasteiger partial charge in [0.1, 0.15) is 16.7 Å². The summed E-state index contributed by atoms with van der Waals surface area (Å²) in [4.78, 5) is 2.34. The van der Waals surface area contributed by atoms with Crippen LogP contribution >= 0.6 is 11.3 Å². The molecule has 3 aromatic heterocycles. The van der Waals surface area contributed by atoms with E-state index in [2.05, 4.69) is 211 Å². The molecule has 3 nitrogen and oxygen atoms in total. The van der Waals surface area contributed by atoms with Gasteiger partial charge in [-0.05, 0) is 93.2 Å². The molecule has 0 saturated carbocycles. The SMILES string of the molecule is c1ccc(-c2ccc(N(c3ccc(-c4cccc5ccccc45)cc3)c3ccc(-c4cccc5c4sc4c5ccc5oc6ccccc6c54)c4c3oc3ccccc34)cc2)cc1. The minimum Gasteiger partial charge on any atom is -0.456 e. The van der Waals surface area contributed by atoms with Crippen LogP contribution in [0.4, 0.5) is 17.1 Å². The van der Waals surface area contributed by atoms with Gasteiger partial charge in [-0.3, -0.25) is 0 Å². The van der Waals surface area contributed by atoms with Gasteiger partial charge in [0, 0.05) is 58.7 Å². The van der Waals surface area contributed by atoms with Crippen LogP contribution in [0, 0.1) is 0 Å². The molecule has 13 rings (SSSR count). The predicted octanol–water partition coefficient (Wildman–Crippen LogP) is 17.5. The van der Waals surface area contributed by atoms with E-state index in [0.29, 0.717) is 0 Å². The first kappa shape index (κ1) is 34.9. The Kier molecular flexibility index (Phi) is 7.78. The zero-order valence-corrected chi connectivity index (χ0v) is 34.2. The molecule has 0 aliphatic carbocycles. The number of furan rings is 2. The van der Waals surface area contributed by atoms with Crippen molar-refractivity contribution >= 4 is 103 Å². The lowest BCUT2D eigenvalue weighted by Crippen LogP contribution is -2.10. The second-order valence-electron chi connectivity index (χ2n) is 16.0. The molecule has 0 amide bonds. The zero-order valence-electron chi connectivity index (χ0n) is 33.4. The highest BCUT2D eigenvalue weighted by molar-refractivity contribution is 7.27. The Hall–Kier alpha value is -7.92. The third kappa shape index (κ3) is 5.37. The third-order valence-electron chi connectivity index (χ3n) is 12.5. The van der Waals surface area contributed by atoms with Crippen LogP contribution in [0.3, 0.4) is 0 Å². The second-order valence-corrected chi connectivity index (χ2v) is 17.0. The maximum Gasteiger partial charge on any atom is 0.160 e. The molecule has 0 aliphatic heterocycles. The van der Waals surface area contributed by atoms with Crippen molar-refractivity contribution in [3.05, 3.63) is 212 Å². The summed E-state index contributed by atoms with van der Waals surface area (Å²) in [5.74, 6) is 0. The summed E-state index contributed by atoms with van der Waals surface area (Å²) in [6.07, 6.45) is 0. The number of para-hydroxylation sites is 2. The van der Waals surface area contributed by atoms with E-state index in [1.54, 1.807) is 0 Å². The van der Waals surface area contributed by atoms with Gasteiger partial charge in [0.05, 0.1) is 5.69 Å². The summed E-state index contributed by atoms with van der Waals surface area (Å²) >= 11 is 1.85. The fourth-order valence-electron chi connectivity index (χ4n) is 9.62. The lowest BCUT2D eigenvalue weighted by Gasteiger charge is -2.26. The maximum absolute atomic E-state index is 7.02. The van der Waals surface area contributed by atoms with Crippen LogP contribution in [-0.4, -0.2) is 0 Å². The van der Waals surface area contributed by atoms with Crippen LogP contribution < -0.4 is 4.90 Å².